The third kappa shape index (κ3) is 2.69. The van der Waals surface area contributed by atoms with E-state index in [1.54, 1.807) is 0 Å². The molecule has 1 aromatic heterocycles. The molecule has 0 aliphatic rings. The summed E-state index contributed by atoms with van der Waals surface area (Å²) < 4.78 is 45.5. The SMILES string of the molecule is O=C(Cc1coc2ccc3ccccc3c12)Nc1ccc(F)c(F)c1F. The second-order valence-electron chi connectivity index (χ2n) is 5.87. The summed E-state index contributed by atoms with van der Waals surface area (Å²) in [6.45, 7) is 0. The molecule has 3 nitrogen and oxygen atoms in total. The number of amides is 1. The van der Waals surface area contributed by atoms with Crippen molar-refractivity contribution >= 4 is 33.3 Å². The minimum atomic E-state index is -1.62. The molecule has 0 spiro atoms. The van der Waals surface area contributed by atoms with Crippen LogP contribution in [0, 0.1) is 17.5 Å². The van der Waals surface area contributed by atoms with Gasteiger partial charge in [0.15, 0.2) is 17.5 Å². The van der Waals surface area contributed by atoms with E-state index in [1.165, 1.54) is 6.26 Å². The zero-order chi connectivity index (χ0) is 18.3. The summed E-state index contributed by atoms with van der Waals surface area (Å²) in [6, 6.07) is 13.1. The van der Waals surface area contributed by atoms with Gasteiger partial charge in [0.1, 0.15) is 5.58 Å². The van der Waals surface area contributed by atoms with Crippen molar-refractivity contribution in [2.75, 3.05) is 5.32 Å². The van der Waals surface area contributed by atoms with Gasteiger partial charge in [-0.1, -0.05) is 30.3 Å². The number of rotatable bonds is 3. The Bertz CT molecular complexity index is 1150. The Morgan fingerprint density at radius 2 is 1.77 bits per heavy atom. The molecule has 26 heavy (non-hydrogen) atoms. The van der Waals surface area contributed by atoms with E-state index in [1.807, 2.05) is 36.4 Å². The van der Waals surface area contributed by atoms with E-state index in [0.717, 1.165) is 28.3 Å². The fraction of sp³-hybridized carbons (Fsp3) is 0.0500. The van der Waals surface area contributed by atoms with E-state index < -0.39 is 29.0 Å². The van der Waals surface area contributed by atoms with Gasteiger partial charge in [-0.2, -0.15) is 0 Å². The van der Waals surface area contributed by atoms with Crippen LogP contribution in [0.1, 0.15) is 5.56 Å². The zero-order valence-corrected chi connectivity index (χ0v) is 13.4. The van der Waals surface area contributed by atoms with E-state index in [0.29, 0.717) is 11.1 Å². The van der Waals surface area contributed by atoms with Crippen molar-refractivity contribution in [3.05, 3.63) is 77.8 Å². The van der Waals surface area contributed by atoms with E-state index in [9.17, 15) is 18.0 Å². The Hall–Kier alpha value is -3.28. The quantitative estimate of drug-likeness (QED) is 0.514. The first-order valence-corrected chi connectivity index (χ1v) is 7.86. The highest BCUT2D eigenvalue weighted by atomic mass is 19.2. The minimum Gasteiger partial charge on any atom is -0.464 e. The molecule has 6 heteroatoms. The average molecular weight is 355 g/mol. The lowest BCUT2D eigenvalue weighted by Crippen LogP contribution is -2.16. The number of nitrogens with one attached hydrogen (secondary N) is 1. The van der Waals surface area contributed by atoms with Gasteiger partial charge in [0.05, 0.1) is 18.4 Å². The van der Waals surface area contributed by atoms with Crippen LogP contribution in [-0.4, -0.2) is 5.91 Å². The number of carbonyl (C=O) groups excluding carboxylic acids is 1. The number of hydrogen-bond donors (Lipinski definition) is 1. The Morgan fingerprint density at radius 1 is 0.962 bits per heavy atom. The predicted octanol–water partition coefficient (Wildman–Crippen LogP) is 5.18. The number of furan rings is 1. The van der Waals surface area contributed by atoms with Crippen LogP contribution in [0.2, 0.25) is 0 Å². The number of halogens is 3. The first-order chi connectivity index (χ1) is 12.5. The van der Waals surface area contributed by atoms with Crippen LogP contribution in [0.15, 0.2) is 59.2 Å². The van der Waals surface area contributed by atoms with Crippen molar-refractivity contribution in [2.24, 2.45) is 0 Å². The molecule has 4 rings (SSSR count). The zero-order valence-electron chi connectivity index (χ0n) is 13.4. The minimum absolute atomic E-state index is 0.0978. The van der Waals surface area contributed by atoms with Gasteiger partial charge >= 0.3 is 0 Å². The molecule has 1 amide bonds. The van der Waals surface area contributed by atoms with Gasteiger partial charge in [-0.3, -0.25) is 4.79 Å². The van der Waals surface area contributed by atoms with Gasteiger partial charge in [-0.25, -0.2) is 13.2 Å². The molecule has 0 fully saturated rings. The molecule has 1 heterocycles. The number of carbonyl (C=O) groups is 1. The van der Waals surface area contributed by atoms with Crippen LogP contribution in [-0.2, 0) is 11.2 Å². The highest BCUT2D eigenvalue weighted by Crippen LogP contribution is 2.30. The summed E-state index contributed by atoms with van der Waals surface area (Å²) in [5.74, 6) is -4.93. The maximum absolute atomic E-state index is 13.7. The molecule has 0 saturated heterocycles. The maximum Gasteiger partial charge on any atom is 0.229 e. The fourth-order valence-electron chi connectivity index (χ4n) is 2.99. The third-order valence-corrected chi connectivity index (χ3v) is 4.20. The van der Waals surface area contributed by atoms with Crippen LogP contribution in [0.5, 0.6) is 0 Å². The highest BCUT2D eigenvalue weighted by Gasteiger charge is 2.17. The van der Waals surface area contributed by atoms with Gasteiger partial charge < -0.3 is 9.73 Å². The summed E-state index contributed by atoms with van der Waals surface area (Å²) in [5, 5.41) is 4.99. The first-order valence-electron chi connectivity index (χ1n) is 7.86. The van der Waals surface area contributed by atoms with Gasteiger partial charge in [-0.05, 0) is 29.0 Å². The molecule has 4 aromatic rings. The van der Waals surface area contributed by atoms with Gasteiger partial charge in [-0.15, -0.1) is 0 Å². The fourth-order valence-corrected chi connectivity index (χ4v) is 2.99. The van der Waals surface area contributed by atoms with Crippen molar-refractivity contribution in [1.29, 1.82) is 0 Å². The molecule has 0 radical (unpaired) electrons. The molecular weight excluding hydrogens is 343 g/mol. The van der Waals surface area contributed by atoms with Gasteiger partial charge in [0.2, 0.25) is 5.91 Å². The van der Waals surface area contributed by atoms with Gasteiger partial charge in [0.25, 0.3) is 0 Å². The third-order valence-electron chi connectivity index (χ3n) is 4.20. The van der Waals surface area contributed by atoms with Crippen LogP contribution < -0.4 is 5.32 Å². The monoisotopic (exact) mass is 355 g/mol. The lowest BCUT2D eigenvalue weighted by atomic mass is 10.0. The maximum atomic E-state index is 13.7. The molecular formula is C20H12F3NO2. The average Bonchev–Trinajstić information content (AvgIpc) is 3.05. The van der Waals surface area contributed by atoms with Crippen LogP contribution >= 0.6 is 0 Å². The van der Waals surface area contributed by atoms with Crippen LogP contribution in [0.25, 0.3) is 21.7 Å². The lowest BCUT2D eigenvalue weighted by Gasteiger charge is -2.07. The molecule has 0 saturated carbocycles. The van der Waals surface area contributed by atoms with Crippen molar-refractivity contribution < 1.29 is 22.4 Å². The highest BCUT2D eigenvalue weighted by molar-refractivity contribution is 6.09. The molecule has 0 unspecified atom stereocenters. The summed E-state index contributed by atoms with van der Waals surface area (Å²) in [5.41, 5.74) is 0.842. The van der Waals surface area contributed by atoms with Crippen LogP contribution in [0.4, 0.5) is 18.9 Å². The topological polar surface area (TPSA) is 42.2 Å². The Labute approximate surface area is 146 Å². The number of anilines is 1. The number of fused-ring (bicyclic) bond motifs is 3. The summed E-state index contributed by atoms with van der Waals surface area (Å²) in [4.78, 5) is 12.3. The number of benzene rings is 3. The Kier molecular flexibility index (Phi) is 3.88. The summed E-state index contributed by atoms with van der Waals surface area (Å²) in [6.07, 6.45) is 1.37. The summed E-state index contributed by atoms with van der Waals surface area (Å²) in [7, 11) is 0. The van der Waals surface area contributed by atoms with Crippen molar-refractivity contribution in [1.82, 2.24) is 0 Å². The first kappa shape index (κ1) is 16.2. The van der Waals surface area contributed by atoms with Crippen molar-refractivity contribution in [3.63, 3.8) is 0 Å². The Morgan fingerprint density at radius 3 is 2.62 bits per heavy atom. The van der Waals surface area contributed by atoms with Crippen molar-refractivity contribution in [3.8, 4) is 0 Å². The Balaban J connectivity index is 1.66. The molecule has 0 aliphatic heterocycles. The molecule has 0 bridgehead atoms. The van der Waals surface area contributed by atoms with E-state index in [-0.39, 0.29) is 6.42 Å². The molecule has 1 N–H and O–H groups in total. The summed E-state index contributed by atoms with van der Waals surface area (Å²) >= 11 is 0. The second kappa shape index (κ2) is 6.22. The van der Waals surface area contributed by atoms with Gasteiger partial charge in [0, 0.05) is 10.9 Å². The largest absolute Gasteiger partial charge is 0.464 e. The molecule has 3 aromatic carbocycles. The van der Waals surface area contributed by atoms with E-state index in [2.05, 4.69) is 5.32 Å². The standard InChI is InChI=1S/C20H12F3NO2/c21-14-6-7-15(20(23)19(14)22)24-17(25)9-12-10-26-16-8-5-11-3-1-2-4-13(11)18(12)16/h1-8,10H,9H2,(H,24,25). The number of hydrogen-bond acceptors (Lipinski definition) is 2. The lowest BCUT2D eigenvalue weighted by molar-refractivity contribution is -0.115. The van der Waals surface area contributed by atoms with Crippen molar-refractivity contribution in [2.45, 2.75) is 6.42 Å². The van der Waals surface area contributed by atoms with E-state index in [4.69, 9.17) is 4.42 Å². The smallest absolute Gasteiger partial charge is 0.229 e. The van der Waals surface area contributed by atoms with Crippen LogP contribution in [0.3, 0.4) is 0 Å². The molecule has 0 aliphatic carbocycles. The normalized spacial score (nSPS) is 11.2. The predicted molar refractivity (Wildman–Crippen MR) is 92.4 cm³/mol. The van der Waals surface area contributed by atoms with E-state index >= 15 is 0 Å². The molecule has 130 valence electrons. The molecule has 0 atom stereocenters. The second-order valence-corrected chi connectivity index (χ2v) is 5.87.